The second-order valence-corrected chi connectivity index (χ2v) is 6.24. The topological polar surface area (TPSA) is 56.3 Å². The van der Waals surface area contributed by atoms with Crippen LogP contribution in [0.5, 0.6) is 0 Å². The van der Waals surface area contributed by atoms with Crippen LogP contribution >= 0.6 is 11.3 Å². The Morgan fingerprint density at radius 1 is 1.13 bits per heavy atom. The lowest BCUT2D eigenvalue weighted by atomic mass is 10.0. The van der Waals surface area contributed by atoms with Gasteiger partial charge in [-0.2, -0.15) is 0 Å². The van der Waals surface area contributed by atoms with Crippen LogP contribution in [-0.2, 0) is 4.74 Å². The van der Waals surface area contributed by atoms with E-state index in [-0.39, 0.29) is 12.4 Å². The summed E-state index contributed by atoms with van der Waals surface area (Å²) < 4.78 is 6.08. The van der Waals surface area contributed by atoms with Crippen molar-refractivity contribution in [2.75, 3.05) is 6.61 Å². The molecule has 0 saturated heterocycles. The number of hydrogen-bond acceptors (Lipinski definition) is 5. The van der Waals surface area contributed by atoms with E-state index >= 15 is 0 Å². The van der Waals surface area contributed by atoms with Crippen LogP contribution in [0.3, 0.4) is 0 Å². The van der Waals surface area contributed by atoms with Gasteiger partial charge in [0.25, 0.3) is 0 Å². The first-order chi connectivity index (χ1) is 11.0. The number of hydrogen-bond donors (Lipinski definition) is 0. The molecule has 2 aromatic carbocycles. The number of benzene rings is 2. The van der Waals surface area contributed by atoms with Crippen LogP contribution in [0, 0.1) is 13.8 Å². The minimum absolute atomic E-state index is 0.196. The molecule has 0 aliphatic heterocycles. The molecule has 23 heavy (non-hydrogen) atoms. The van der Waals surface area contributed by atoms with E-state index in [1.807, 2.05) is 32.0 Å². The van der Waals surface area contributed by atoms with Gasteiger partial charge in [0.05, 0.1) is 21.3 Å². The minimum atomic E-state index is -0.501. The highest BCUT2D eigenvalue weighted by atomic mass is 32.1. The van der Waals surface area contributed by atoms with E-state index in [1.165, 1.54) is 11.3 Å². The van der Waals surface area contributed by atoms with Gasteiger partial charge in [0.2, 0.25) is 5.78 Å². The number of aryl methyl sites for hydroxylation is 2. The lowest BCUT2D eigenvalue weighted by Gasteiger charge is -2.07. The van der Waals surface area contributed by atoms with Gasteiger partial charge in [-0.25, -0.2) is 9.78 Å². The van der Waals surface area contributed by atoms with Gasteiger partial charge in [0, 0.05) is 5.56 Å². The van der Waals surface area contributed by atoms with Crippen LogP contribution in [0.25, 0.3) is 10.2 Å². The number of ketones is 1. The van der Waals surface area contributed by atoms with Gasteiger partial charge in [0.15, 0.2) is 6.61 Å². The third-order valence-corrected chi connectivity index (χ3v) is 4.39. The Bertz CT molecular complexity index is 898. The van der Waals surface area contributed by atoms with Gasteiger partial charge in [-0.1, -0.05) is 17.7 Å². The van der Waals surface area contributed by atoms with Gasteiger partial charge in [-0.15, -0.1) is 11.3 Å². The van der Waals surface area contributed by atoms with Crippen molar-refractivity contribution in [2.24, 2.45) is 0 Å². The maximum atomic E-state index is 12.2. The molecule has 116 valence electrons. The summed E-state index contributed by atoms with van der Waals surface area (Å²) in [5.41, 5.74) is 5.47. The van der Waals surface area contributed by atoms with Crippen molar-refractivity contribution >= 4 is 33.3 Å². The van der Waals surface area contributed by atoms with E-state index < -0.39 is 5.97 Å². The number of rotatable bonds is 4. The van der Waals surface area contributed by atoms with E-state index in [4.69, 9.17) is 4.74 Å². The number of carbonyl (C=O) groups is 2. The number of aromatic nitrogens is 1. The number of carbonyl (C=O) groups excluding carboxylic acids is 2. The average molecular weight is 325 g/mol. The minimum Gasteiger partial charge on any atom is -0.454 e. The quantitative estimate of drug-likeness (QED) is 0.538. The van der Waals surface area contributed by atoms with Crippen molar-refractivity contribution in [3.63, 3.8) is 0 Å². The normalized spacial score (nSPS) is 10.7. The van der Waals surface area contributed by atoms with Gasteiger partial charge in [0.1, 0.15) is 0 Å². The number of fused-ring (bicyclic) bond motifs is 1. The monoisotopic (exact) mass is 325 g/mol. The summed E-state index contributed by atoms with van der Waals surface area (Å²) in [6, 6.07) is 10.8. The van der Waals surface area contributed by atoms with Crippen LogP contribution in [0.2, 0.25) is 0 Å². The van der Waals surface area contributed by atoms with Crippen molar-refractivity contribution in [1.82, 2.24) is 4.98 Å². The molecule has 0 saturated carbocycles. The van der Waals surface area contributed by atoms with Gasteiger partial charge in [-0.3, -0.25) is 4.79 Å². The van der Waals surface area contributed by atoms with E-state index in [0.717, 1.165) is 21.3 Å². The summed E-state index contributed by atoms with van der Waals surface area (Å²) in [6.45, 7) is 3.53. The smallest absolute Gasteiger partial charge is 0.338 e. The van der Waals surface area contributed by atoms with Crippen molar-refractivity contribution in [2.45, 2.75) is 13.8 Å². The highest BCUT2D eigenvalue weighted by molar-refractivity contribution is 7.16. The molecule has 0 unspecified atom stereocenters. The van der Waals surface area contributed by atoms with Gasteiger partial charge >= 0.3 is 5.97 Å². The fourth-order valence-corrected chi connectivity index (χ4v) is 3.03. The van der Waals surface area contributed by atoms with Crippen LogP contribution < -0.4 is 0 Å². The zero-order valence-corrected chi connectivity index (χ0v) is 13.6. The average Bonchev–Trinajstić information content (AvgIpc) is 3.02. The molecule has 0 fully saturated rings. The first kappa shape index (κ1) is 15.4. The summed E-state index contributed by atoms with van der Waals surface area (Å²) in [7, 11) is 0. The fourth-order valence-electron chi connectivity index (χ4n) is 2.31. The van der Waals surface area contributed by atoms with Crippen LogP contribution in [0.4, 0.5) is 0 Å². The lowest BCUT2D eigenvalue weighted by molar-refractivity contribution is 0.0474. The van der Waals surface area contributed by atoms with Crippen molar-refractivity contribution < 1.29 is 14.3 Å². The Balaban J connectivity index is 1.70. The number of ether oxygens (including phenoxy) is 1. The number of nitrogens with zero attached hydrogens (tertiary/aromatic N) is 1. The molecule has 0 bridgehead atoms. The molecule has 3 aromatic rings. The molecule has 0 aliphatic carbocycles. The molecule has 0 amide bonds. The molecular formula is C18H15NO3S. The molecule has 1 heterocycles. The Labute approximate surface area is 137 Å². The van der Waals surface area contributed by atoms with Crippen LogP contribution in [0.15, 0.2) is 41.9 Å². The fraction of sp³-hybridized carbons (Fsp3) is 0.167. The zero-order chi connectivity index (χ0) is 16.4. The molecule has 0 atom stereocenters. The third-order valence-electron chi connectivity index (χ3n) is 3.59. The van der Waals surface area contributed by atoms with Crippen LogP contribution in [0.1, 0.15) is 31.8 Å². The molecule has 0 N–H and O–H groups in total. The van der Waals surface area contributed by atoms with Gasteiger partial charge < -0.3 is 4.74 Å². The van der Waals surface area contributed by atoms with Crippen molar-refractivity contribution in [1.29, 1.82) is 0 Å². The zero-order valence-electron chi connectivity index (χ0n) is 12.8. The lowest BCUT2D eigenvalue weighted by Crippen LogP contribution is -2.15. The predicted molar refractivity (Wildman–Crippen MR) is 90.1 cm³/mol. The molecule has 4 nitrogen and oxygen atoms in total. The molecule has 1 aromatic heterocycles. The second kappa shape index (κ2) is 6.30. The number of thiazole rings is 1. The van der Waals surface area contributed by atoms with Crippen molar-refractivity contribution in [3.8, 4) is 0 Å². The largest absolute Gasteiger partial charge is 0.454 e. The van der Waals surface area contributed by atoms with E-state index in [0.29, 0.717) is 11.1 Å². The van der Waals surface area contributed by atoms with E-state index in [1.54, 1.807) is 23.7 Å². The molecule has 0 spiro atoms. The van der Waals surface area contributed by atoms with E-state index in [2.05, 4.69) is 4.98 Å². The van der Waals surface area contributed by atoms with Crippen molar-refractivity contribution in [3.05, 3.63) is 64.2 Å². The maximum absolute atomic E-state index is 12.2. The Morgan fingerprint density at radius 2 is 1.96 bits per heavy atom. The molecule has 5 heteroatoms. The summed E-state index contributed by atoms with van der Waals surface area (Å²) in [5.74, 6) is -0.697. The first-order valence-corrected chi connectivity index (χ1v) is 8.03. The highest BCUT2D eigenvalue weighted by Gasteiger charge is 2.14. The molecule has 0 aliphatic rings. The summed E-state index contributed by atoms with van der Waals surface area (Å²) in [5, 5.41) is 0. The molecular weight excluding hydrogens is 310 g/mol. The number of esters is 1. The highest BCUT2D eigenvalue weighted by Crippen LogP contribution is 2.19. The third kappa shape index (κ3) is 3.29. The Hall–Kier alpha value is -2.53. The summed E-state index contributed by atoms with van der Waals surface area (Å²) in [6.07, 6.45) is 0. The maximum Gasteiger partial charge on any atom is 0.338 e. The molecule has 0 radical (unpaired) electrons. The summed E-state index contributed by atoms with van der Waals surface area (Å²) >= 11 is 1.46. The standard InChI is InChI=1S/C18H15NO3S/c1-11-3-4-12(2)14(7-11)16(20)9-22-18(21)13-5-6-15-17(8-13)23-10-19-15/h3-8,10H,9H2,1-2H3. The molecule has 3 rings (SSSR count). The van der Waals surface area contributed by atoms with Gasteiger partial charge in [-0.05, 0) is 43.7 Å². The Morgan fingerprint density at radius 3 is 2.78 bits per heavy atom. The first-order valence-electron chi connectivity index (χ1n) is 7.15. The predicted octanol–water partition coefficient (Wildman–Crippen LogP) is 3.95. The number of Topliss-reactive ketones (excluding diaryl/α,β-unsaturated/α-hetero) is 1. The van der Waals surface area contributed by atoms with E-state index in [9.17, 15) is 9.59 Å². The van der Waals surface area contributed by atoms with Crippen LogP contribution in [-0.4, -0.2) is 23.3 Å². The Kier molecular flexibility index (Phi) is 4.21. The second-order valence-electron chi connectivity index (χ2n) is 5.35. The SMILES string of the molecule is Cc1ccc(C)c(C(=O)COC(=O)c2ccc3ncsc3c2)c1. The summed E-state index contributed by atoms with van der Waals surface area (Å²) in [4.78, 5) is 28.5.